The molecular weight excluding hydrogens is 378 g/mol. The number of carbonyl (C=O) groups is 2. The van der Waals surface area contributed by atoms with E-state index in [1.54, 1.807) is 0 Å². The van der Waals surface area contributed by atoms with Gasteiger partial charge in [-0.3, -0.25) is 4.90 Å². The van der Waals surface area contributed by atoms with Crippen molar-refractivity contribution in [1.29, 1.82) is 0 Å². The highest BCUT2D eigenvalue weighted by Gasteiger charge is 2.58. The highest BCUT2D eigenvalue weighted by atomic mass is 16.6. The minimum atomic E-state index is -1.51. The Morgan fingerprint density at radius 1 is 0.833 bits per heavy atom. The van der Waals surface area contributed by atoms with E-state index in [4.69, 9.17) is 4.74 Å². The van der Waals surface area contributed by atoms with Crippen LogP contribution in [0.25, 0.3) is 0 Å². The largest absolute Gasteiger partial charge is 0.479 e. The molecule has 162 valence electrons. The summed E-state index contributed by atoms with van der Waals surface area (Å²) in [5, 5.41) is 10.5. The number of amides is 1. The number of carboxylic acid groups (broad SMARTS) is 1. The van der Waals surface area contributed by atoms with Gasteiger partial charge in [-0.2, -0.15) is 0 Å². The Bertz CT molecular complexity index is 850. The summed E-state index contributed by atoms with van der Waals surface area (Å²) in [6.45, 7) is 11.2. The van der Waals surface area contributed by atoms with Gasteiger partial charge >= 0.3 is 12.1 Å². The van der Waals surface area contributed by atoms with E-state index in [0.717, 1.165) is 11.1 Å². The van der Waals surface area contributed by atoms with Gasteiger partial charge in [-0.1, -0.05) is 81.4 Å². The lowest BCUT2D eigenvalue weighted by Crippen LogP contribution is -2.70. The smallest absolute Gasteiger partial charge is 0.411 e. The van der Waals surface area contributed by atoms with Gasteiger partial charge in [0.15, 0.2) is 5.54 Å². The topological polar surface area (TPSA) is 66.8 Å². The van der Waals surface area contributed by atoms with E-state index in [1.165, 1.54) is 4.90 Å². The molecule has 0 fully saturated rings. The molecule has 0 saturated heterocycles. The molecule has 0 unspecified atom stereocenters. The maximum Gasteiger partial charge on any atom is 0.411 e. The maximum atomic E-state index is 13.4. The monoisotopic (exact) mass is 411 g/mol. The molecule has 0 heterocycles. The summed E-state index contributed by atoms with van der Waals surface area (Å²) in [6.07, 6.45) is -0.468. The third-order valence-corrected chi connectivity index (χ3v) is 5.34. The lowest BCUT2D eigenvalue weighted by molar-refractivity contribution is -0.164. The third kappa shape index (κ3) is 5.02. The molecule has 1 atom stereocenters. The zero-order valence-corrected chi connectivity index (χ0v) is 18.8. The summed E-state index contributed by atoms with van der Waals surface area (Å²) < 4.78 is 5.63. The third-order valence-electron chi connectivity index (χ3n) is 5.34. The van der Waals surface area contributed by atoms with Crippen molar-refractivity contribution in [3.05, 3.63) is 71.8 Å². The molecular formula is C25H33NO4. The Kier molecular flexibility index (Phi) is 6.96. The Labute approximate surface area is 179 Å². The van der Waals surface area contributed by atoms with Crippen molar-refractivity contribution in [3.8, 4) is 0 Å². The normalized spacial score (nSPS) is 13.9. The fraction of sp³-hybridized carbons (Fsp3) is 0.440. The van der Waals surface area contributed by atoms with Crippen LogP contribution in [0.2, 0.25) is 0 Å². The van der Waals surface area contributed by atoms with Crippen molar-refractivity contribution < 1.29 is 19.4 Å². The number of hydrogen-bond donors (Lipinski definition) is 1. The summed E-state index contributed by atoms with van der Waals surface area (Å²) in [5.41, 5.74) is -1.37. The number of hydrogen-bond acceptors (Lipinski definition) is 3. The minimum Gasteiger partial charge on any atom is -0.479 e. The van der Waals surface area contributed by atoms with E-state index in [0.29, 0.717) is 0 Å². The van der Waals surface area contributed by atoms with Gasteiger partial charge in [0, 0.05) is 12.0 Å². The second-order valence-corrected chi connectivity index (χ2v) is 9.62. The minimum absolute atomic E-state index is 0.0808. The zero-order chi connectivity index (χ0) is 22.6. The van der Waals surface area contributed by atoms with E-state index in [2.05, 4.69) is 0 Å². The van der Waals surface area contributed by atoms with Crippen LogP contribution in [0.15, 0.2) is 60.7 Å². The van der Waals surface area contributed by atoms with Crippen molar-refractivity contribution in [2.75, 3.05) is 0 Å². The van der Waals surface area contributed by atoms with Crippen molar-refractivity contribution in [2.45, 2.75) is 65.6 Å². The molecule has 2 aromatic rings. The number of ether oxygens (including phenoxy) is 1. The Morgan fingerprint density at radius 3 is 1.70 bits per heavy atom. The molecule has 0 saturated carbocycles. The van der Waals surface area contributed by atoms with Crippen LogP contribution in [0.5, 0.6) is 0 Å². The molecule has 0 spiro atoms. The first-order valence-electron chi connectivity index (χ1n) is 10.2. The molecule has 5 nitrogen and oxygen atoms in total. The quantitative estimate of drug-likeness (QED) is 0.678. The lowest BCUT2D eigenvalue weighted by Gasteiger charge is -2.53. The molecule has 0 aliphatic heterocycles. The lowest BCUT2D eigenvalue weighted by atomic mass is 9.67. The second kappa shape index (κ2) is 8.90. The Hall–Kier alpha value is -2.82. The zero-order valence-electron chi connectivity index (χ0n) is 18.8. The number of carboxylic acids is 1. The summed E-state index contributed by atoms with van der Waals surface area (Å²) >= 11 is 0. The summed E-state index contributed by atoms with van der Waals surface area (Å²) in [5.74, 6) is -1.05. The number of rotatable bonds is 6. The van der Waals surface area contributed by atoms with Crippen LogP contribution in [-0.2, 0) is 22.6 Å². The predicted molar refractivity (Wildman–Crippen MR) is 118 cm³/mol. The maximum absolute atomic E-state index is 13.4. The average molecular weight is 412 g/mol. The fourth-order valence-corrected chi connectivity index (χ4v) is 3.85. The van der Waals surface area contributed by atoms with Gasteiger partial charge in [0.2, 0.25) is 0 Å². The standard InChI is InChI=1S/C25H33NO4/c1-23(2,3)25(21(27)28,17-19-13-9-7-10-14-19)26(24(4,5)6)22(29)30-18-20-15-11-8-12-16-20/h7-16H,17-18H2,1-6H3,(H,27,28)/t25-/m0/s1. The molecule has 0 radical (unpaired) electrons. The molecule has 2 rings (SSSR count). The van der Waals surface area contributed by atoms with Crippen LogP contribution in [-0.4, -0.2) is 33.1 Å². The van der Waals surface area contributed by atoms with E-state index in [1.807, 2.05) is 102 Å². The van der Waals surface area contributed by atoms with Gasteiger partial charge in [-0.05, 0) is 37.3 Å². The number of carbonyl (C=O) groups excluding carboxylic acids is 1. The molecule has 30 heavy (non-hydrogen) atoms. The average Bonchev–Trinajstić information content (AvgIpc) is 2.65. The van der Waals surface area contributed by atoms with E-state index in [-0.39, 0.29) is 13.0 Å². The van der Waals surface area contributed by atoms with Crippen LogP contribution >= 0.6 is 0 Å². The van der Waals surface area contributed by atoms with Gasteiger partial charge in [-0.25, -0.2) is 9.59 Å². The first-order valence-corrected chi connectivity index (χ1v) is 10.2. The van der Waals surface area contributed by atoms with Crippen molar-refractivity contribution >= 4 is 12.1 Å². The van der Waals surface area contributed by atoms with Gasteiger partial charge in [0.05, 0.1) is 0 Å². The molecule has 5 heteroatoms. The van der Waals surface area contributed by atoms with Crippen LogP contribution in [0.3, 0.4) is 0 Å². The molecule has 0 aromatic heterocycles. The summed E-state index contributed by atoms with van der Waals surface area (Å²) in [4.78, 5) is 27.7. The van der Waals surface area contributed by atoms with Crippen LogP contribution in [0, 0.1) is 5.41 Å². The predicted octanol–water partition coefficient (Wildman–Crippen LogP) is 5.54. The molecule has 0 bridgehead atoms. The molecule has 1 amide bonds. The van der Waals surface area contributed by atoms with Gasteiger partial charge in [0.1, 0.15) is 6.61 Å². The molecule has 1 N–H and O–H groups in total. The second-order valence-electron chi connectivity index (χ2n) is 9.62. The summed E-state index contributed by atoms with van der Waals surface area (Å²) in [6, 6.07) is 18.8. The fourth-order valence-electron chi connectivity index (χ4n) is 3.85. The van der Waals surface area contributed by atoms with E-state index < -0.39 is 28.6 Å². The van der Waals surface area contributed by atoms with Crippen LogP contribution in [0.4, 0.5) is 4.79 Å². The number of nitrogens with zero attached hydrogens (tertiary/aromatic N) is 1. The van der Waals surface area contributed by atoms with Crippen molar-refractivity contribution in [3.63, 3.8) is 0 Å². The Balaban J connectivity index is 2.53. The van der Waals surface area contributed by atoms with Gasteiger partial charge < -0.3 is 9.84 Å². The van der Waals surface area contributed by atoms with Crippen molar-refractivity contribution in [2.24, 2.45) is 5.41 Å². The first-order chi connectivity index (χ1) is 13.9. The van der Waals surface area contributed by atoms with Crippen LogP contribution < -0.4 is 0 Å². The Morgan fingerprint density at radius 2 is 1.30 bits per heavy atom. The molecule has 2 aromatic carbocycles. The van der Waals surface area contributed by atoms with Crippen LogP contribution in [0.1, 0.15) is 52.7 Å². The van der Waals surface area contributed by atoms with E-state index in [9.17, 15) is 14.7 Å². The highest BCUT2D eigenvalue weighted by Crippen LogP contribution is 2.43. The first kappa shape index (κ1) is 23.5. The highest BCUT2D eigenvalue weighted by molar-refractivity contribution is 5.86. The van der Waals surface area contributed by atoms with Gasteiger partial charge in [0.25, 0.3) is 0 Å². The number of aliphatic carboxylic acids is 1. The summed E-state index contributed by atoms with van der Waals surface area (Å²) in [7, 11) is 0. The molecule has 0 aliphatic rings. The van der Waals surface area contributed by atoms with Crippen molar-refractivity contribution in [1.82, 2.24) is 4.90 Å². The molecule has 0 aliphatic carbocycles. The van der Waals surface area contributed by atoms with Gasteiger partial charge in [-0.15, -0.1) is 0 Å². The SMILES string of the molecule is CC(C)(C)N(C(=O)OCc1ccccc1)[C@@](Cc1ccccc1)(C(=O)O)C(C)(C)C. The number of benzene rings is 2. The van der Waals surface area contributed by atoms with E-state index >= 15 is 0 Å².